The second kappa shape index (κ2) is 6.88. The van der Waals surface area contributed by atoms with Gasteiger partial charge in [-0.3, -0.25) is 4.90 Å². The lowest BCUT2D eigenvalue weighted by Crippen LogP contribution is -2.43. The lowest BCUT2D eigenvalue weighted by molar-refractivity contribution is 0.159. The maximum Gasteiger partial charge on any atom is 0.0636 e. The largest absolute Gasteiger partial charge is 0.392 e. The molecule has 0 aromatic heterocycles. The van der Waals surface area contributed by atoms with E-state index in [2.05, 4.69) is 40.5 Å². The molecule has 1 aromatic carbocycles. The van der Waals surface area contributed by atoms with Crippen LogP contribution in [-0.4, -0.2) is 41.8 Å². The predicted octanol–water partition coefficient (Wildman–Crippen LogP) is 1.62. The van der Waals surface area contributed by atoms with Gasteiger partial charge in [0.05, 0.1) is 6.10 Å². The van der Waals surface area contributed by atoms with Gasteiger partial charge in [-0.2, -0.15) is 0 Å². The smallest absolute Gasteiger partial charge is 0.0636 e. The van der Waals surface area contributed by atoms with Gasteiger partial charge in [0.2, 0.25) is 0 Å². The normalized spacial score (nSPS) is 19.9. The van der Waals surface area contributed by atoms with Gasteiger partial charge in [0.1, 0.15) is 0 Å². The first-order chi connectivity index (χ1) is 8.74. The van der Waals surface area contributed by atoms with Crippen molar-refractivity contribution in [2.45, 2.75) is 38.5 Å². The number of piperidine rings is 1. The summed E-state index contributed by atoms with van der Waals surface area (Å²) in [5, 5.41) is 12.7. The summed E-state index contributed by atoms with van der Waals surface area (Å²) in [6.07, 6.45) is 2.12. The molecule has 0 bridgehead atoms. The maximum absolute atomic E-state index is 9.26. The highest BCUT2D eigenvalue weighted by molar-refractivity contribution is 5.14. The highest BCUT2D eigenvalue weighted by atomic mass is 16.3. The van der Waals surface area contributed by atoms with Crippen LogP contribution in [-0.2, 0) is 6.54 Å². The summed E-state index contributed by atoms with van der Waals surface area (Å²) < 4.78 is 0. The third-order valence-corrected chi connectivity index (χ3v) is 3.54. The molecule has 0 amide bonds. The number of hydrogen-bond acceptors (Lipinski definition) is 3. The third kappa shape index (κ3) is 4.41. The molecular weight excluding hydrogens is 224 g/mol. The van der Waals surface area contributed by atoms with Crippen molar-refractivity contribution in [2.24, 2.45) is 0 Å². The Morgan fingerprint density at radius 3 is 2.56 bits per heavy atom. The van der Waals surface area contributed by atoms with Crippen molar-refractivity contribution < 1.29 is 5.11 Å². The van der Waals surface area contributed by atoms with E-state index in [0.29, 0.717) is 12.6 Å². The van der Waals surface area contributed by atoms with Crippen LogP contribution in [0, 0.1) is 0 Å². The van der Waals surface area contributed by atoms with Gasteiger partial charge >= 0.3 is 0 Å². The van der Waals surface area contributed by atoms with E-state index >= 15 is 0 Å². The molecule has 1 atom stereocenters. The fourth-order valence-corrected chi connectivity index (χ4v) is 2.47. The highest BCUT2D eigenvalue weighted by Gasteiger charge is 2.18. The average molecular weight is 248 g/mol. The number of benzene rings is 1. The lowest BCUT2D eigenvalue weighted by atomic mass is 10.0. The maximum atomic E-state index is 9.26. The van der Waals surface area contributed by atoms with Crippen LogP contribution in [0.5, 0.6) is 0 Å². The van der Waals surface area contributed by atoms with E-state index in [4.69, 9.17) is 0 Å². The molecular formula is C15H24N2O. The van der Waals surface area contributed by atoms with Crippen molar-refractivity contribution in [3.63, 3.8) is 0 Å². The van der Waals surface area contributed by atoms with Gasteiger partial charge in [-0.05, 0) is 38.4 Å². The molecule has 1 aromatic rings. The lowest BCUT2D eigenvalue weighted by Gasteiger charge is -2.32. The molecule has 1 saturated heterocycles. The summed E-state index contributed by atoms with van der Waals surface area (Å²) in [5.41, 5.74) is 1.40. The van der Waals surface area contributed by atoms with Crippen molar-refractivity contribution in [1.29, 1.82) is 0 Å². The summed E-state index contributed by atoms with van der Waals surface area (Å²) in [5.74, 6) is 0. The summed E-state index contributed by atoms with van der Waals surface area (Å²) in [4.78, 5) is 2.51. The second-order valence-electron chi connectivity index (χ2n) is 5.29. The fourth-order valence-electron chi connectivity index (χ4n) is 2.47. The van der Waals surface area contributed by atoms with Gasteiger partial charge in [-0.25, -0.2) is 0 Å². The average Bonchev–Trinajstić information content (AvgIpc) is 2.39. The molecule has 1 aliphatic heterocycles. The minimum atomic E-state index is -0.243. The minimum absolute atomic E-state index is 0.243. The standard InChI is InChI=1S/C15H24N2O/c1-13(18)11-16-15-7-9-17(10-8-15)12-14-5-3-2-4-6-14/h2-6,13,15-16,18H,7-12H2,1H3/t13-/m0/s1. The van der Waals surface area contributed by atoms with Gasteiger partial charge in [0, 0.05) is 19.1 Å². The highest BCUT2D eigenvalue weighted by Crippen LogP contribution is 2.13. The Bertz CT molecular complexity index is 332. The van der Waals surface area contributed by atoms with E-state index in [1.54, 1.807) is 0 Å². The van der Waals surface area contributed by atoms with E-state index in [9.17, 15) is 5.11 Å². The SMILES string of the molecule is C[C@H](O)CNC1CCN(Cc2ccccc2)CC1. The number of nitrogens with one attached hydrogen (secondary N) is 1. The Morgan fingerprint density at radius 2 is 1.94 bits per heavy atom. The molecule has 2 rings (SSSR count). The van der Waals surface area contributed by atoms with Gasteiger partial charge < -0.3 is 10.4 Å². The van der Waals surface area contributed by atoms with E-state index < -0.39 is 0 Å². The van der Waals surface area contributed by atoms with Crippen molar-refractivity contribution >= 4 is 0 Å². The number of aliphatic hydroxyl groups is 1. The molecule has 1 heterocycles. The van der Waals surface area contributed by atoms with Crippen molar-refractivity contribution in [3.05, 3.63) is 35.9 Å². The van der Waals surface area contributed by atoms with Crippen LogP contribution in [0.3, 0.4) is 0 Å². The quantitative estimate of drug-likeness (QED) is 0.831. The van der Waals surface area contributed by atoms with Crippen LogP contribution >= 0.6 is 0 Å². The first-order valence-electron chi connectivity index (χ1n) is 6.92. The number of hydrogen-bond donors (Lipinski definition) is 2. The van der Waals surface area contributed by atoms with Crippen molar-refractivity contribution in [3.8, 4) is 0 Å². The molecule has 0 unspecified atom stereocenters. The number of rotatable bonds is 5. The molecule has 1 fully saturated rings. The van der Waals surface area contributed by atoms with Crippen molar-refractivity contribution in [2.75, 3.05) is 19.6 Å². The molecule has 3 nitrogen and oxygen atoms in total. The first kappa shape index (κ1) is 13.5. The van der Waals surface area contributed by atoms with Gasteiger partial charge in [-0.1, -0.05) is 30.3 Å². The number of aliphatic hydroxyl groups excluding tert-OH is 1. The number of nitrogens with zero attached hydrogens (tertiary/aromatic N) is 1. The minimum Gasteiger partial charge on any atom is -0.392 e. The zero-order chi connectivity index (χ0) is 12.8. The van der Waals surface area contributed by atoms with Crippen LogP contribution in [0.15, 0.2) is 30.3 Å². The Kier molecular flexibility index (Phi) is 5.17. The molecule has 0 radical (unpaired) electrons. The van der Waals surface area contributed by atoms with Gasteiger partial charge in [-0.15, -0.1) is 0 Å². The Balaban J connectivity index is 1.70. The van der Waals surface area contributed by atoms with Gasteiger partial charge in [0.15, 0.2) is 0 Å². The molecule has 3 heteroatoms. The van der Waals surface area contributed by atoms with Crippen LogP contribution in [0.1, 0.15) is 25.3 Å². The molecule has 0 saturated carbocycles. The summed E-state index contributed by atoms with van der Waals surface area (Å²) in [6.45, 7) is 5.89. The van der Waals surface area contributed by atoms with Gasteiger partial charge in [0.25, 0.3) is 0 Å². The molecule has 0 aliphatic carbocycles. The Labute approximate surface area is 110 Å². The molecule has 18 heavy (non-hydrogen) atoms. The van der Waals surface area contributed by atoms with Crippen LogP contribution in [0.25, 0.3) is 0 Å². The Morgan fingerprint density at radius 1 is 1.28 bits per heavy atom. The summed E-state index contributed by atoms with van der Waals surface area (Å²) in [6, 6.07) is 11.2. The number of likely N-dealkylation sites (tertiary alicyclic amines) is 1. The van der Waals surface area contributed by atoms with Crippen LogP contribution in [0.2, 0.25) is 0 Å². The predicted molar refractivity (Wildman–Crippen MR) is 74.4 cm³/mol. The molecule has 0 spiro atoms. The Hall–Kier alpha value is -0.900. The summed E-state index contributed by atoms with van der Waals surface area (Å²) in [7, 11) is 0. The van der Waals surface area contributed by atoms with E-state index in [1.165, 1.54) is 18.4 Å². The molecule has 2 N–H and O–H groups in total. The molecule has 100 valence electrons. The van der Waals surface area contributed by atoms with E-state index in [1.807, 2.05) is 6.92 Å². The third-order valence-electron chi connectivity index (χ3n) is 3.54. The van der Waals surface area contributed by atoms with Crippen molar-refractivity contribution in [1.82, 2.24) is 10.2 Å². The van der Waals surface area contributed by atoms with E-state index in [-0.39, 0.29) is 6.10 Å². The van der Waals surface area contributed by atoms with Crippen LogP contribution in [0.4, 0.5) is 0 Å². The second-order valence-corrected chi connectivity index (χ2v) is 5.29. The zero-order valence-corrected chi connectivity index (χ0v) is 11.2. The fraction of sp³-hybridized carbons (Fsp3) is 0.600. The van der Waals surface area contributed by atoms with Crippen LogP contribution < -0.4 is 5.32 Å². The summed E-state index contributed by atoms with van der Waals surface area (Å²) >= 11 is 0. The van der Waals surface area contributed by atoms with E-state index in [0.717, 1.165) is 19.6 Å². The molecule has 1 aliphatic rings. The monoisotopic (exact) mass is 248 g/mol. The zero-order valence-electron chi connectivity index (χ0n) is 11.2. The topological polar surface area (TPSA) is 35.5 Å². The first-order valence-corrected chi connectivity index (χ1v) is 6.92.